The SMILES string of the molecule is CCN(CC)c1ccc(-c2oc3cc(NC(=S)NCCO)ccc3c(=O)c2O)cc1. The van der Waals surface area contributed by atoms with Gasteiger partial charge in [0.05, 0.1) is 12.0 Å². The van der Waals surface area contributed by atoms with E-state index in [9.17, 15) is 9.90 Å². The molecule has 158 valence electrons. The molecule has 3 aromatic rings. The highest BCUT2D eigenvalue weighted by Gasteiger charge is 2.16. The van der Waals surface area contributed by atoms with Crippen LogP contribution in [0, 0.1) is 0 Å². The van der Waals surface area contributed by atoms with Crippen molar-refractivity contribution in [3.8, 4) is 17.1 Å². The molecule has 0 aliphatic rings. The molecule has 0 saturated carbocycles. The lowest BCUT2D eigenvalue weighted by Gasteiger charge is -2.21. The molecule has 0 saturated heterocycles. The predicted molar refractivity (Wildman–Crippen MR) is 124 cm³/mol. The highest BCUT2D eigenvalue weighted by Crippen LogP contribution is 2.32. The Bertz CT molecular complexity index is 1090. The minimum atomic E-state index is -0.494. The van der Waals surface area contributed by atoms with E-state index in [-0.39, 0.29) is 17.8 Å². The van der Waals surface area contributed by atoms with Crippen LogP contribution >= 0.6 is 12.2 Å². The average molecular weight is 428 g/mol. The van der Waals surface area contributed by atoms with Crippen LogP contribution in [0.3, 0.4) is 0 Å². The Kier molecular flexibility index (Phi) is 6.91. The molecule has 30 heavy (non-hydrogen) atoms. The Hall–Kier alpha value is -3.10. The number of nitrogens with one attached hydrogen (secondary N) is 2. The zero-order chi connectivity index (χ0) is 21.7. The van der Waals surface area contributed by atoms with Gasteiger partial charge in [0.2, 0.25) is 11.2 Å². The monoisotopic (exact) mass is 427 g/mol. The molecule has 1 aromatic heterocycles. The summed E-state index contributed by atoms with van der Waals surface area (Å²) >= 11 is 5.16. The lowest BCUT2D eigenvalue weighted by atomic mass is 10.1. The van der Waals surface area contributed by atoms with Gasteiger partial charge in [-0.3, -0.25) is 4.79 Å². The first-order valence-electron chi connectivity index (χ1n) is 9.79. The van der Waals surface area contributed by atoms with Crippen LogP contribution in [0.4, 0.5) is 11.4 Å². The number of hydrogen-bond donors (Lipinski definition) is 4. The van der Waals surface area contributed by atoms with Crippen molar-refractivity contribution >= 4 is 39.7 Å². The van der Waals surface area contributed by atoms with Crippen molar-refractivity contribution < 1.29 is 14.6 Å². The van der Waals surface area contributed by atoms with Gasteiger partial charge in [-0.15, -0.1) is 0 Å². The molecular weight excluding hydrogens is 402 g/mol. The van der Waals surface area contributed by atoms with Crippen LogP contribution in [0.1, 0.15) is 13.8 Å². The fraction of sp³-hybridized carbons (Fsp3) is 0.273. The van der Waals surface area contributed by atoms with Gasteiger partial charge in [-0.05, 0) is 62.5 Å². The van der Waals surface area contributed by atoms with Gasteiger partial charge in [0.1, 0.15) is 5.58 Å². The van der Waals surface area contributed by atoms with Crippen LogP contribution in [0.25, 0.3) is 22.3 Å². The zero-order valence-electron chi connectivity index (χ0n) is 16.9. The van der Waals surface area contributed by atoms with Crippen molar-refractivity contribution in [1.82, 2.24) is 5.32 Å². The fourth-order valence-corrected chi connectivity index (χ4v) is 3.43. The molecule has 0 bridgehead atoms. The number of aromatic hydroxyl groups is 1. The normalized spacial score (nSPS) is 10.8. The predicted octanol–water partition coefficient (Wildman–Crippen LogP) is 3.29. The van der Waals surface area contributed by atoms with Gasteiger partial charge < -0.3 is 30.2 Å². The van der Waals surface area contributed by atoms with Gasteiger partial charge in [0.25, 0.3) is 0 Å². The van der Waals surface area contributed by atoms with E-state index in [1.807, 2.05) is 24.3 Å². The van der Waals surface area contributed by atoms with Crippen molar-refractivity contribution in [3.05, 3.63) is 52.7 Å². The largest absolute Gasteiger partial charge is 0.502 e. The maximum atomic E-state index is 12.7. The molecule has 8 heteroatoms. The first-order valence-corrected chi connectivity index (χ1v) is 10.2. The van der Waals surface area contributed by atoms with Crippen LogP contribution in [0.2, 0.25) is 0 Å². The van der Waals surface area contributed by atoms with Crippen molar-refractivity contribution in [2.24, 2.45) is 0 Å². The lowest BCUT2D eigenvalue weighted by Crippen LogP contribution is -2.30. The maximum absolute atomic E-state index is 12.7. The van der Waals surface area contributed by atoms with E-state index in [2.05, 4.69) is 29.4 Å². The summed E-state index contributed by atoms with van der Waals surface area (Å²) in [6.07, 6.45) is 0. The van der Waals surface area contributed by atoms with Crippen LogP contribution < -0.4 is 21.0 Å². The van der Waals surface area contributed by atoms with E-state index in [1.165, 1.54) is 0 Å². The second kappa shape index (κ2) is 9.60. The zero-order valence-corrected chi connectivity index (χ0v) is 17.8. The summed E-state index contributed by atoms with van der Waals surface area (Å²) < 4.78 is 5.91. The first-order chi connectivity index (χ1) is 14.5. The van der Waals surface area contributed by atoms with Gasteiger partial charge >= 0.3 is 0 Å². The third-order valence-electron chi connectivity index (χ3n) is 4.78. The van der Waals surface area contributed by atoms with Crippen molar-refractivity contribution in [3.63, 3.8) is 0 Å². The highest BCUT2D eigenvalue weighted by molar-refractivity contribution is 7.80. The minimum Gasteiger partial charge on any atom is -0.502 e. The van der Waals surface area contributed by atoms with E-state index in [1.54, 1.807) is 18.2 Å². The average Bonchev–Trinajstić information content (AvgIpc) is 2.76. The lowest BCUT2D eigenvalue weighted by molar-refractivity contribution is 0.301. The Balaban J connectivity index is 1.98. The molecule has 4 N–H and O–H groups in total. The Morgan fingerprint density at radius 2 is 1.83 bits per heavy atom. The van der Waals surface area contributed by atoms with E-state index in [4.69, 9.17) is 21.7 Å². The first kappa shape index (κ1) is 21.6. The Labute approximate surface area is 179 Å². The number of benzene rings is 2. The summed E-state index contributed by atoms with van der Waals surface area (Å²) in [5.74, 6) is -0.296. The Morgan fingerprint density at radius 1 is 1.13 bits per heavy atom. The summed E-state index contributed by atoms with van der Waals surface area (Å²) in [5.41, 5.74) is 2.12. The van der Waals surface area contributed by atoms with Crippen LogP contribution in [-0.2, 0) is 0 Å². The van der Waals surface area contributed by atoms with E-state index < -0.39 is 11.2 Å². The number of aliphatic hydroxyl groups is 1. The number of rotatable bonds is 7. The van der Waals surface area contributed by atoms with Gasteiger partial charge in [-0.25, -0.2) is 0 Å². The van der Waals surface area contributed by atoms with Crippen LogP contribution in [0.5, 0.6) is 5.75 Å². The van der Waals surface area contributed by atoms with Crippen molar-refractivity contribution in [1.29, 1.82) is 0 Å². The highest BCUT2D eigenvalue weighted by atomic mass is 32.1. The van der Waals surface area contributed by atoms with Gasteiger partial charge in [-0.2, -0.15) is 0 Å². The van der Waals surface area contributed by atoms with Crippen molar-refractivity contribution in [2.45, 2.75) is 13.8 Å². The molecule has 0 amide bonds. The molecule has 2 aromatic carbocycles. The summed E-state index contributed by atoms with van der Waals surface area (Å²) in [6.45, 7) is 6.23. The molecule has 0 spiro atoms. The summed E-state index contributed by atoms with van der Waals surface area (Å²) in [4.78, 5) is 14.9. The number of aliphatic hydroxyl groups excluding tert-OH is 1. The molecular formula is C22H25N3O4S. The summed E-state index contributed by atoms with van der Waals surface area (Å²) in [5, 5.41) is 25.7. The van der Waals surface area contributed by atoms with Gasteiger partial charge in [-0.1, -0.05) is 0 Å². The third kappa shape index (κ3) is 4.55. The number of fused-ring (bicyclic) bond motifs is 1. The summed E-state index contributed by atoms with van der Waals surface area (Å²) in [6, 6.07) is 12.4. The third-order valence-corrected chi connectivity index (χ3v) is 5.03. The smallest absolute Gasteiger partial charge is 0.235 e. The molecule has 0 radical (unpaired) electrons. The van der Waals surface area contributed by atoms with E-state index >= 15 is 0 Å². The number of anilines is 2. The number of thiocarbonyl (C=S) groups is 1. The standard InChI is InChI=1S/C22H25N3O4S/c1-3-25(4-2)16-8-5-14(6-9-16)21-20(28)19(27)17-10-7-15(13-18(17)29-21)24-22(30)23-11-12-26/h5-10,13,26,28H,3-4,11-12H2,1-2H3,(H2,23,24,30). The Morgan fingerprint density at radius 3 is 2.47 bits per heavy atom. The molecule has 0 atom stereocenters. The molecule has 7 nitrogen and oxygen atoms in total. The topological polar surface area (TPSA) is 98.0 Å². The quantitative estimate of drug-likeness (QED) is 0.427. The van der Waals surface area contributed by atoms with Crippen molar-refractivity contribution in [2.75, 3.05) is 36.5 Å². The van der Waals surface area contributed by atoms with Gasteiger partial charge in [0, 0.05) is 42.6 Å². The second-order valence-electron chi connectivity index (χ2n) is 6.64. The molecule has 1 heterocycles. The van der Waals surface area contributed by atoms with E-state index in [0.29, 0.717) is 28.5 Å². The van der Waals surface area contributed by atoms with E-state index in [0.717, 1.165) is 18.8 Å². The molecule has 0 unspecified atom stereocenters. The molecule has 0 aliphatic heterocycles. The minimum absolute atomic E-state index is 0.0376. The van der Waals surface area contributed by atoms with Crippen LogP contribution in [-0.4, -0.2) is 41.6 Å². The van der Waals surface area contributed by atoms with Gasteiger partial charge in [0.15, 0.2) is 10.9 Å². The second-order valence-corrected chi connectivity index (χ2v) is 7.05. The maximum Gasteiger partial charge on any atom is 0.235 e. The molecule has 0 fully saturated rings. The number of nitrogens with zero attached hydrogens (tertiary/aromatic N) is 1. The fourth-order valence-electron chi connectivity index (χ4n) is 3.21. The molecule has 0 aliphatic carbocycles. The molecule has 3 rings (SSSR count). The summed E-state index contributed by atoms with van der Waals surface area (Å²) in [7, 11) is 0. The van der Waals surface area contributed by atoms with Crippen LogP contribution in [0.15, 0.2) is 51.7 Å². The number of hydrogen-bond acceptors (Lipinski definition) is 6.